The maximum atomic E-state index is 13.9. The van der Waals surface area contributed by atoms with Crippen molar-refractivity contribution >= 4 is 28.9 Å². The molecule has 0 aromatic heterocycles. The smallest absolute Gasteiger partial charge is 0.233 e. The number of carbonyl (C=O) groups excluding carboxylic acids is 1. The predicted molar refractivity (Wildman–Crippen MR) is 134 cm³/mol. The predicted octanol–water partition coefficient (Wildman–Crippen LogP) is 5.26. The van der Waals surface area contributed by atoms with Gasteiger partial charge in [0.25, 0.3) is 0 Å². The summed E-state index contributed by atoms with van der Waals surface area (Å²) in [4.78, 5) is 17.3. The van der Waals surface area contributed by atoms with Gasteiger partial charge in [0.1, 0.15) is 11.6 Å². The highest BCUT2D eigenvalue weighted by Crippen LogP contribution is 2.52. The van der Waals surface area contributed by atoms with Crippen molar-refractivity contribution in [2.24, 2.45) is 0 Å². The van der Waals surface area contributed by atoms with Gasteiger partial charge in [-0.15, -0.1) is 0 Å². The van der Waals surface area contributed by atoms with Gasteiger partial charge in [-0.25, -0.2) is 4.39 Å². The van der Waals surface area contributed by atoms with E-state index in [0.29, 0.717) is 34.5 Å². The number of carbonyl (C=O) groups is 1. The molecule has 5 rings (SSSR count). The molecule has 2 unspecified atom stereocenters. The van der Waals surface area contributed by atoms with Crippen LogP contribution in [-0.2, 0) is 11.2 Å². The van der Waals surface area contributed by atoms with E-state index in [-0.39, 0.29) is 24.2 Å². The van der Waals surface area contributed by atoms with Crippen LogP contribution in [0.4, 0.5) is 10.1 Å². The third-order valence-corrected chi connectivity index (χ3v) is 6.93. The van der Waals surface area contributed by atoms with Crippen LogP contribution in [0.2, 0.25) is 0 Å². The summed E-state index contributed by atoms with van der Waals surface area (Å²) < 4.78 is 31.3. The summed E-state index contributed by atoms with van der Waals surface area (Å²) in [5, 5.41) is 0.295. The summed E-state index contributed by atoms with van der Waals surface area (Å²) in [6, 6.07) is 18.7. The number of amides is 1. The fourth-order valence-electron chi connectivity index (χ4n) is 4.96. The molecule has 0 saturated carbocycles. The standard InChI is InChI=1S/C27H25FN2O4S/c1-27-16-21(20-8-6-10-23(33-3)25(20)34-27)29(24(31)15-17-7-4-5-9-22(17)32-2)26(35)30(27)19-13-11-18(28)12-14-19/h4-14,21H,15-16H2,1-3H3. The van der Waals surface area contributed by atoms with Gasteiger partial charge in [-0.3, -0.25) is 14.6 Å². The second-order valence-corrected chi connectivity index (χ2v) is 9.09. The van der Waals surface area contributed by atoms with E-state index >= 15 is 0 Å². The number of nitrogens with zero attached hydrogens (tertiary/aromatic N) is 2. The molecule has 3 aromatic carbocycles. The largest absolute Gasteiger partial charge is 0.496 e. The molecule has 8 heteroatoms. The zero-order valence-corrected chi connectivity index (χ0v) is 20.5. The minimum Gasteiger partial charge on any atom is -0.496 e. The van der Waals surface area contributed by atoms with Crippen LogP contribution in [0, 0.1) is 5.82 Å². The van der Waals surface area contributed by atoms with Crippen LogP contribution >= 0.6 is 12.2 Å². The lowest BCUT2D eigenvalue weighted by Crippen LogP contribution is -2.67. The van der Waals surface area contributed by atoms with Crippen molar-refractivity contribution in [3.8, 4) is 17.2 Å². The minimum absolute atomic E-state index is 0.106. The number of thiocarbonyl (C=S) groups is 1. The van der Waals surface area contributed by atoms with E-state index in [4.69, 9.17) is 26.4 Å². The second kappa shape index (κ2) is 8.85. The Morgan fingerprint density at radius 3 is 2.46 bits per heavy atom. The quantitative estimate of drug-likeness (QED) is 0.453. The summed E-state index contributed by atoms with van der Waals surface area (Å²) in [6.45, 7) is 1.92. The number of hydrogen-bond donors (Lipinski definition) is 0. The third kappa shape index (κ3) is 3.87. The van der Waals surface area contributed by atoms with Gasteiger partial charge in [0, 0.05) is 23.2 Å². The number of fused-ring (bicyclic) bond motifs is 4. The summed E-state index contributed by atoms with van der Waals surface area (Å²) >= 11 is 5.93. The Bertz CT molecular complexity index is 1300. The first kappa shape index (κ1) is 23.1. The highest BCUT2D eigenvalue weighted by Gasteiger charge is 2.54. The average molecular weight is 493 g/mol. The number of benzene rings is 3. The molecular formula is C27H25FN2O4S. The molecule has 2 aliphatic rings. The van der Waals surface area contributed by atoms with Crippen molar-refractivity contribution in [2.75, 3.05) is 19.1 Å². The molecule has 3 aromatic rings. The van der Waals surface area contributed by atoms with E-state index in [9.17, 15) is 9.18 Å². The lowest BCUT2D eigenvalue weighted by Gasteiger charge is -2.55. The SMILES string of the molecule is COc1ccccc1CC(=O)N1C(=S)N(c2ccc(F)cc2)C2(C)CC1c1cccc(OC)c1O2. The number of hydrogen-bond acceptors (Lipinski definition) is 5. The van der Waals surface area contributed by atoms with Crippen LogP contribution in [0.15, 0.2) is 66.7 Å². The molecule has 0 N–H and O–H groups in total. The van der Waals surface area contributed by atoms with Gasteiger partial charge in [0.05, 0.1) is 26.7 Å². The van der Waals surface area contributed by atoms with E-state index < -0.39 is 5.72 Å². The average Bonchev–Trinajstić information content (AvgIpc) is 2.85. The molecule has 2 aliphatic heterocycles. The lowest BCUT2D eigenvalue weighted by molar-refractivity contribution is -0.131. The van der Waals surface area contributed by atoms with Crippen LogP contribution in [0.25, 0.3) is 0 Å². The molecule has 2 atom stereocenters. The fraction of sp³-hybridized carbons (Fsp3) is 0.259. The first-order valence-corrected chi connectivity index (χ1v) is 11.7. The summed E-state index contributed by atoms with van der Waals surface area (Å²) in [5.41, 5.74) is 1.31. The molecule has 2 bridgehead atoms. The van der Waals surface area contributed by atoms with Crippen molar-refractivity contribution in [3.05, 3.63) is 83.7 Å². The summed E-state index contributed by atoms with van der Waals surface area (Å²) in [6.07, 6.45) is 0.567. The van der Waals surface area contributed by atoms with Crippen molar-refractivity contribution < 1.29 is 23.4 Å². The highest BCUT2D eigenvalue weighted by atomic mass is 32.1. The summed E-state index contributed by atoms with van der Waals surface area (Å²) in [5.74, 6) is 1.24. The Morgan fingerprint density at radius 1 is 1.06 bits per heavy atom. The maximum absolute atomic E-state index is 13.9. The number of para-hydroxylation sites is 2. The molecule has 180 valence electrons. The van der Waals surface area contributed by atoms with Crippen LogP contribution in [0.1, 0.15) is 30.5 Å². The Morgan fingerprint density at radius 2 is 1.74 bits per heavy atom. The van der Waals surface area contributed by atoms with E-state index in [2.05, 4.69) is 0 Å². The number of rotatable bonds is 5. The van der Waals surface area contributed by atoms with Gasteiger partial charge in [0.2, 0.25) is 5.91 Å². The monoisotopic (exact) mass is 492 g/mol. The van der Waals surface area contributed by atoms with Gasteiger partial charge in [-0.05, 0) is 55.5 Å². The van der Waals surface area contributed by atoms with Crippen LogP contribution < -0.4 is 19.1 Å². The molecule has 6 nitrogen and oxygen atoms in total. The number of methoxy groups -OCH3 is 2. The van der Waals surface area contributed by atoms with E-state index in [0.717, 1.165) is 11.1 Å². The molecule has 1 saturated heterocycles. The number of ether oxygens (including phenoxy) is 3. The maximum Gasteiger partial charge on any atom is 0.233 e. The number of anilines is 1. The van der Waals surface area contributed by atoms with Crippen molar-refractivity contribution in [1.29, 1.82) is 0 Å². The normalized spacial score (nSPS) is 20.7. The van der Waals surface area contributed by atoms with Crippen LogP contribution in [-0.4, -0.2) is 35.9 Å². The first-order chi connectivity index (χ1) is 16.9. The van der Waals surface area contributed by atoms with Crippen LogP contribution in [0.5, 0.6) is 17.2 Å². The highest BCUT2D eigenvalue weighted by molar-refractivity contribution is 7.80. The minimum atomic E-state index is -0.914. The van der Waals surface area contributed by atoms with Crippen molar-refractivity contribution in [1.82, 2.24) is 4.90 Å². The molecule has 0 aliphatic carbocycles. The Kier molecular flexibility index (Phi) is 5.84. The molecule has 1 fully saturated rings. The van der Waals surface area contributed by atoms with E-state index in [1.54, 1.807) is 36.2 Å². The molecule has 2 heterocycles. The van der Waals surface area contributed by atoms with E-state index in [1.807, 2.05) is 49.4 Å². The first-order valence-electron chi connectivity index (χ1n) is 11.3. The third-order valence-electron chi connectivity index (χ3n) is 6.55. The van der Waals surface area contributed by atoms with Crippen LogP contribution in [0.3, 0.4) is 0 Å². The molecule has 0 spiro atoms. The second-order valence-electron chi connectivity index (χ2n) is 8.72. The summed E-state index contributed by atoms with van der Waals surface area (Å²) in [7, 11) is 3.16. The molecule has 1 amide bonds. The number of halogens is 1. The van der Waals surface area contributed by atoms with Gasteiger partial charge in [-0.2, -0.15) is 0 Å². The van der Waals surface area contributed by atoms with Gasteiger partial charge in [0.15, 0.2) is 22.3 Å². The Balaban J connectivity index is 1.63. The van der Waals surface area contributed by atoms with E-state index in [1.165, 1.54) is 12.1 Å². The molecular weight excluding hydrogens is 467 g/mol. The topological polar surface area (TPSA) is 51.2 Å². The Hall–Kier alpha value is -3.65. The fourth-order valence-corrected chi connectivity index (χ4v) is 5.48. The van der Waals surface area contributed by atoms with Gasteiger partial charge in [-0.1, -0.05) is 30.3 Å². The zero-order chi connectivity index (χ0) is 24.7. The molecule has 35 heavy (non-hydrogen) atoms. The zero-order valence-electron chi connectivity index (χ0n) is 19.7. The van der Waals surface area contributed by atoms with Crippen molar-refractivity contribution in [2.45, 2.75) is 31.5 Å². The van der Waals surface area contributed by atoms with Gasteiger partial charge < -0.3 is 14.2 Å². The van der Waals surface area contributed by atoms with Crippen molar-refractivity contribution in [3.63, 3.8) is 0 Å². The Labute approximate surface area is 208 Å². The van der Waals surface area contributed by atoms with Gasteiger partial charge >= 0.3 is 0 Å². The lowest BCUT2D eigenvalue weighted by atomic mass is 9.88. The molecule has 0 radical (unpaired) electrons.